The Bertz CT molecular complexity index is 349. The van der Waals surface area contributed by atoms with E-state index in [-0.39, 0.29) is 0 Å². The molecule has 2 nitrogen and oxygen atoms in total. The molecule has 0 spiro atoms. The molecule has 86 valence electrons. The molecule has 0 fully saturated rings. The van der Waals surface area contributed by atoms with E-state index in [1.165, 1.54) is 12.1 Å². The summed E-state index contributed by atoms with van der Waals surface area (Å²) in [5.74, 6) is 0.667. The van der Waals surface area contributed by atoms with Crippen LogP contribution >= 0.6 is 15.9 Å². The van der Waals surface area contributed by atoms with E-state index in [4.69, 9.17) is 5.26 Å². The van der Waals surface area contributed by atoms with Gasteiger partial charge in [-0.05, 0) is 30.2 Å². The molecular weight excluding hydrogens is 264 g/mol. The van der Waals surface area contributed by atoms with Crippen molar-refractivity contribution in [2.24, 2.45) is 5.92 Å². The average Bonchev–Trinajstić information content (AvgIpc) is 2.35. The monoisotopic (exact) mass is 280 g/mol. The summed E-state index contributed by atoms with van der Waals surface area (Å²) < 4.78 is 0. The highest BCUT2D eigenvalue weighted by molar-refractivity contribution is 9.09. The number of nitriles is 1. The smallest absolute Gasteiger partial charge is 0.0991 e. The highest BCUT2D eigenvalue weighted by Gasteiger charge is 2.08. The summed E-state index contributed by atoms with van der Waals surface area (Å²) in [4.78, 5) is 2.23. The summed E-state index contributed by atoms with van der Waals surface area (Å²) in [7, 11) is 2.09. The second kappa shape index (κ2) is 6.55. The predicted molar refractivity (Wildman–Crippen MR) is 72.0 cm³/mol. The van der Waals surface area contributed by atoms with Gasteiger partial charge in [-0.2, -0.15) is 5.26 Å². The fourth-order valence-corrected chi connectivity index (χ4v) is 2.23. The van der Waals surface area contributed by atoms with Gasteiger partial charge < -0.3 is 4.90 Å². The summed E-state index contributed by atoms with van der Waals surface area (Å²) in [6, 6.07) is 9.85. The van der Waals surface area contributed by atoms with E-state index in [1.54, 1.807) is 0 Å². The van der Waals surface area contributed by atoms with Crippen molar-refractivity contribution in [1.29, 1.82) is 5.26 Å². The van der Waals surface area contributed by atoms with Gasteiger partial charge in [0, 0.05) is 24.6 Å². The highest BCUT2D eigenvalue weighted by atomic mass is 79.9. The van der Waals surface area contributed by atoms with Gasteiger partial charge in [0.1, 0.15) is 0 Å². The average molecular weight is 281 g/mol. The zero-order valence-corrected chi connectivity index (χ0v) is 11.4. The van der Waals surface area contributed by atoms with Crippen LogP contribution in [0.1, 0.15) is 18.9 Å². The van der Waals surface area contributed by atoms with E-state index in [0.717, 1.165) is 11.9 Å². The fraction of sp³-hybridized carbons (Fsp3) is 0.462. The number of hydrogen-bond acceptors (Lipinski definition) is 2. The number of benzene rings is 1. The lowest BCUT2D eigenvalue weighted by atomic mass is 10.1. The topological polar surface area (TPSA) is 27.0 Å². The van der Waals surface area contributed by atoms with Gasteiger partial charge in [-0.15, -0.1) is 0 Å². The van der Waals surface area contributed by atoms with Crippen LogP contribution in [-0.2, 0) is 0 Å². The minimum Gasteiger partial charge on any atom is -0.374 e. The number of hydrogen-bond donors (Lipinski definition) is 0. The molecule has 0 N–H and O–H groups in total. The third-order valence-electron chi connectivity index (χ3n) is 2.76. The number of alkyl halides is 1. The van der Waals surface area contributed by atoms with Gasteiger partial charge in [-0.3, -0.25) is 0 Å². The third-order valence-corrected chi connectivity index (χ3v) is 3.68. The van der Waals surface area contributed by atoms with Gasteiger partial charge in [0.2, 0.25) is 0 Å². The zero-order valence-electron chi connectivity index (χ0n) is 9.78. The van der Waals surface area contributed by atoms with Gasteiger partial charge in [0.05, 0.1) is 11.6 Å². The molecule has 0 aliphatic carbocycles. The van der Waals surface area contributed by atoms with Gasteiger partial charge in [-0.1, -0.05) is 29.3 Å². The van der Waals surface area contributed by atoms with Crippen LogP contribution in [0.3, 0.4) is 0 Å². The van der Waals surface area contributed by atoms with Gasteiger partial charge in [0.15, 0.2) is 0 Å². The third kappa shape index (κ3) is 3.53. The minimum absolute atomic E-state index is 0.667. The normalized spacial score (nSPS) is 11.9. The lowest BCUT2D eigenvalue weighted by Gasteiger charge is -2.23. The van der Waals surface area contributed by atoms with Crippen molar-refractivity contribution in [2.75, 3.05) is 23.8 Å². The summed E-state index contributed by atoms with van der Waals surface area (Å²) >= 11 is 3.53. The Hall–Kier alpha value is -1.01. The quantitative estimate of drug-likeness (QED) is 0.773. The molecule has 1 unspecified atom stereocenters. The van der Waals surface area contributed by atoms with Crippen LogP contribution in [0, 0.1) is 17.2 Å². The van der Waals surface area contributed by atoms with Crippen LogP contribution in [0.2, 0.25) is 0 Å². The molecule has 0 saturated heterocycles. The first-order chi connectivity index (χ1) is 7.71. The molecule has 0 aliphatic heterocycles. The van der Waals surface area contributed by atoms with E-state index in [1.807, 2.05) is 24.3 Å². The standard InChI is InChI=1S/C13H17BrN2/c1-3-11(8-14)10-16(2)13-6-4-12(9-15)5-7-13/h4-7,11H,3,8,10H2,1-2H3. The van der Waals surface area contributed by atoms with Gasteiger partial charge >= 0.3 is 0 Å². The van der Waals surface area contributed by atoms with E-state index in [9.17, 15) is 0 Å². The maximum absolute atomic E-state index is 8.72. The molecule has 0 saturated carbocycles. The number of halogens is 1. The number of rotatable bonds is 5. The molecule has 1 aromatic carbocycles. The largest absolute Gasteiger partial charge is 0.374 e. The van der Waals surface area contributed by atoms with Crippen molar-refractivity contribution in [3.8, 4) is 6.07 Å². The molecule has 0 heterocycles. The van der Waals surface area contributed by atoms with Crippen LogP contribution < -0.4 is 4.90 Å². The SMILES string of the molecule is CCC(CBr)CN(C)c1ccc(C#N)cc1. The Morgan fingerprint density at radius 1 is 1.38 bits per heavy atom. The second-order valence-corrected chi connectivity index (χ2v) is 4.62. The van der Waals surface area contributed by atoms with E-state index in [0.29, 0.717) is 11.5 Å². The summed E-state index contributed by atoms with van der Waals surface area (Å²) in [5, 5.41) is 9.75. The summed E-state index contributed by atoms with van der Waals surface area (Å²) in [5.41, 5.74) is 1.88. The molecule has 0 bridgehead atoms. The maximum Gasteiger partial charge on any atom is 0.0991 e. The first kappa shape index (κ1) is 13.1. The first-order valence-electron chi connectivity index (χ1n) is 5.48. The van der Waals surface area contributed by atoms with Crippen LogP contribution in [0.5, 0.6) is 0 Å². The van der Waals surface area contributed by atoms with Crippen LogP contribution in [0.15, 0.2) is 24.3 Å². The molecule has 3 heteroatoms. The molecule has 16 heavy (non-hydrogen) atoms. The zero-order chi connectivity index (χ0) is 12.0. The number of nitrogens with zero attached hydrogens (tertiary/aromatic N) is 2. The molecule has 0 amide bonds. The molecular formula is C13H17BrN2. The van der Waals surface area contributed by atoms with Crippen molar-refractivity contribution in [3.63, 3.8) is 0 Å². The predicted octanol–water partition coefficient (Wildman–Crippen LogP) is 3.42. The van der Waals surface area contributed by atoms with Crippen molar-refractivity contribution in [1.82, 2.24) is 0 Å². The van der Waals surface area contributed by atoms with Crippen molar-refractivity contribution in [2.45, 2.75) is 13.3 Å². The van der Waals surface area contributed by atoms with E-state index in [2.05, 4.69) is 40.9 Å². The van der Waals surface area contributed by atoms with Gasteiger partial charge in [0.25, 0.3) is 0 Å². The van der Waals surface area contributed by atoms with Crippen molar-refractivity contribution >= 4 is 21.6 Å². The molecule has 0 aromatic heterocycles. The second-order valence-electron chi connectivity index (χ2n) is 3.97. The first-order valence-corrected chi connectivity index (χ1v) is 6.60. The lowest BCUT2D eigenvalue weighted by Crippen LogP contribution is -2.25. The summed E-state index contributed by atoms with van der Waals surface area (Å²) in [6.07, 6.45) is 1.17. The number of anilines is 1. The Morgan fingerprint density at radius 3 is 2.44 bits per heavy atom. The molecule has 0 radical (unpaired) electrons. The van der Waals surface area contributed by atoms with Gasteiger partial charge in [-0.25, -0.2) is 0 Å². The Balaban J connectivity index is 2.65. The van der Waals surface area contributed by atoms with Crippen LogP contribution in [0.4, 0.5) is 5.69 Å². The highest BCUT2D eigenvalue weighted by Crippen LogP contribution is 2.17. The summed E-state index contributed by atoms with van der Waals surface area (Å²) in [6.45, 7) is 3.24. The van der Waals surface area contributed by atoms with Crippen molar-refractivity contribution in [3.05, 3.63) is 29.8 Å². The lowest BCUT2D eigenvalue weighted by molar-refractivity contribution is 0.572. The van der Waals surface area contributed by atoms with E-state index < -0.39 is 0 Å². The Kier molecular flexibility index (Phi) is 5.34. The Labute approximate surface area is 106 Å². The van der Waals surface area contributed by atoms with E-state index >= 15 is 0 Å². The molecule has 1 aromatic rings. The van der Waals surface area contributed by atoms with Crippen LogP contribution in [-0.4, -0.2) is 18.9 Å². The maximum atomic E-state index is 8.72. The van der Waals surface area contributed by atoms with Crippen LogP contribution in [0.25, 0.3) is 0 Å². The molecule has 1 atom stereocenters. The molecule has 1 rings (SSSR count). The minimum atomic E-state index is 0.667. The Morgan fingerprint density at radius 2 is 2.00 bits per heavy atom. The fourth-order valence-electron chi connectivity index (χ4n) is 1.57. The van der Waals surface area contributed by atoms with Crippen molar-refractivity contribution < 1.29 is 0 Å². The molecule has 0 aliphatic rings.